The molecule has 1 nitrogen and oxygen atoms in total. The van der Waals surface area contributed by atoms with E-state index in [1.165, 1.54) is 12.1 Å². The summed E-state index contributed by atoms with van der Waals surface area (Å²) in [5.74, 6) is -2.63. The molecule has 0 atom stereocenters. The van der Waals surface area contributed by atoms with Crippen molar-refractivity contribution >= 4 is 28.4 Å². The molecule has 0 spiro atoms. The number of carbonyl (C=O) groups is 1. The third kappa shape index (κ3) is 2.52. The second kappa shape index (κ2) is 4.91. The second-order valence-electron chi connectivity index (χ2n) is 3.44. The second-order valence-corrected chi connectivity index (χ2v) is 4.69. The molecule has 0 heterocycles. The van der Waals surface area contributed by atoms with Crippen molar-refractivity contribution in [3.05, 3.63) is 68.8 Å². The summed E-state index contributed by atoms with van der Waals surface area (Å²) in [4.78, 5) is 12.0. The molecule has 0 saturated heterocycles. The molecule has 0 amide bonds. The fraction of sp³-hybridized carbons (Fsp3) is 0. The largest absolute Gasteiger partial charge is 0.288 e. The average Bonchev–Trinajstić information content (AvgIpc) is 2.32. The Morgan fingerprint density at radius 2 is 1.76 bits per heavy atom. The van der Waals surface area contributed by atoms with Crippen molar-refractivity contribution in [3.8, 4) is 0 Å². The van der Waals surface area contributed by atoms with Crippen LogP contribution in [0.5, 0.6) is 0 Å². The van der Waals surface area contributed by atoms with E-state index in [2.05, 4.69) is 22.6 Å². The molecule has 4 heteroatoms. The SMILES string of the molecule is O=C(c1cccc(I)c1)c1cccc(F)c1F. The zero-order valence-corrected chi connectivity index (χ0v) is 10.7. The van der Waals surface area contributed by atoms with Crippen LogP contribution in [0.2, 0.25) is 0 Å². The zero-order chi connectivity index (χ0) is 12.4. The first-order chi connectivity index (χ1) is 8.09. The van der Waals surface area contributed by atoms with Crippen LogP contribution in [0, 0.1) is 15.2 Å². The summed E-state index contributed by atoms with van der Waals surface area (Å²) in [7, 11) is 0. The maximum absolute atomic E-state index is 13.4. The van der Waals surface area contributed by atoms with Gasteiger partial charge in [-0.1, -0.05) is 18.2 Å². The Morgan fingerprint density at radius 3 is 2.47 bits per heavy atom. The number of ketones is 1. The molecule has 0 aromatic heterocycles. The fourth-order valence-electron chi connectivity index (χ4n) is 1.46. The molecule has 2 aromatic carbocycles. The van der Waals surface area contributed by atoms with Crippen LogP contribution in [0.15, 0.2) is 42.5 Å². The topological polar surface area (TPSA) is 17.1 Å². The van der Waals surface area contributed by atoms with Gasteiger partial charge in [0.05, 0.1) is 5.56 Å². The van der Waals surface area contributed by atoms with Gasteiger partial charge in [-0.15, -0.1) is 0 Å². The quantitative estimate of drug-likeness (QED) is 0.598. The van der Waals surface area contributed by atoms with E-state index < -0.39 is 17.4 Å². The molecule has 0 radical (unpaired) electrons. The lowest BCUT2D eigenvalue weighted by molar-refractivity contribution is 0.103. The number of carbonyl (C=O) groups excluding carboxylic acids is 1. The molecular formula is C13H7F2IO. The third-order valence-corrected chi connectivity index (χ3v) is 2.95. The minimum Gasteiger partial charge on any atom is -0.288 e. The highest BCUT2D eigenvalue weighted by Crippen LogP contribution is 2.17. The average molecular weight is 344 g/mol. The van der Waals surface area contributed by atoms with Crippen LogP contribution >= 0.6 is 22.6 Å². The van der Waals surface area contributed by atoms with Crippen molar-refractivity contribution < 1.29 is 13.6 Å². The molecule has 0 saturated carbocycles. The smallest absolute Gasteiger partial charge is 0.196 e. The van der Waals surface area contributed by atoms with E-state index in [4.69, 9.17) is 0 Å². The summed E-state index contributed by atoms with van der Waals surface area (Å²) in [6.45, 7) is 0. The summed E-state index contributed by atoms with van der Waals surface area (Å²) in [5.41, 5.74) is 0.105. The number of hydrogen-bond donors (Lipinski definition) is 0. The molecule has 2 aromatic rings. The molecular weight excluding hydrogens is 337 g/mol. The summed E-state index contributed by atoms with van der Waals surface area (Å²) >= 11 is 2.05. The van der Waals surface area contributed by atoms with Crippen molar-refractivity contribution in [2.24, 2.45) is 0 Å². The molecule has 0 unspecified atom stereocenters. The Bertz CT molecular complexity index is 581. The van der Waals surface area contributed by atoms with E-state index >= 15 is 0 Å². The van der Waals surface area contributed by atoms with E-state index in [1.807, 2.05) is 6.07 Å². The van der Waals surface area contributed by atoms with Crippen LogP contribution < -0.4 is 0 Å². The number of rotatable bonds is 2. The van der Waals surface area contributed by atoms with Crippen LogP contribution in [0.1, 0.15) is 15.9 Å². The fourth-order valence-corrected chi connectivity index (χ4v) is 2.01. The van der Waals surface area contributed by atoms with Crippen molar-refractivity contribution in [2.45, 2.75) is 0 Å². The lowest BCUT2D eigenvalue weighted by atomic mass is 10.0. The maximum Gasteiger partial charge on any atom is 0.196 e. The van der Waals surface area contributed by atoms with E-state index in [-0.39, 0.29) is 5.56 Å². The molecule has 86 valence electrons. The summed E-state index contributed by atoms with van der Waals surface area (Å²) in [6, 6.07) is 10.3. The predicted octanol–water partition coefficient (Wildman–Crippen LogP) is 3.80. The molecule has 0 aliphatic rings. The molecule has 0 bridgehead atoms. The van der Waals surface area contributed by atoms with Gasteiger partial charge in [0.2, 0.25) is 0 Å². The number of halogens is 3. The lowest BCUT2D eigenvalue weighted by Gasteiger charge is -2.03. The number of hydrogen-bond acceptors (Lipinski definition) is 1. The predicted molar refractivity (Wildman–Crippen MR) is 68.9 cm³/mol. The highest BCUT2D eigenvalue weighted by atomic mass is 127. The van der Waals surface area contributed by atoms with Crippen LogP contribution in [-0.4, -0.2) is 5.78 Å². The Balaban J connectivity index is 2.48. The molecule has 2 rings (SSSR count). The van der Waals surface area contributed by atoms with Gasteiger partial charge in [-0.05, 0) is 46.9 Å². The van der Waals surface area contributed by atoms with Gasteiger partial charge in [-0.3, -0.25) is 4.79 Å². The van der Waals surface area contributed by atoms with E-state index in [1.54, 1.807) is 18.2 Å². The minimum absolute atomic E-state index is 0.244. The van der Waals surface area contributed by atoms with Crippen LogP contribution in [0.3, 0.4) is 0 Å². The van der Waals surface area contributed by atoms with Crippen LogP contribution in [-0.2, 0) is 0 Å². The molecule has 0 fully saturated rings. The lowest BCUT2D eigenvalue weighted by Crippen LogP contribution is -2.05. The molecule has 17 heavy (non-hydrogen) atoms. The monoisotopic (exact) mass is 344 g/mol. The van der Waals surface area contributed by atoms with Gasteiger partial charge in [0.15, 0.2) is 17.4 Å². The van der Waals surface area contributed by atoms with Gasteiger partial charge in [-0.25, -0.2) is 8.78 Å². The Hall–Kier alpha value is -1.30. The highest BCUT2D eigenvalue weighted by molar-refractivity contribution is 14.1. The van der Waals surface area contributed by atoms with E-state index in [9.17, 15) is 13.6 Å². The van der Waals surface area contributed by atoms with E-state index in [0.29, 0.717) is 5.56 Å². The maximum atomic E-state index is 13.4. The van der Waals surface area contributed by atoms with Crippen molar-refractivity contribution in [3.63, 3.8) is 0 Å². The molecule has 0 N–H and O–H groups in total. The molecule has 0 aliphatic heterocycles. The summed E-state index contributed by atoms with van der Waals surface area (Å²) < 4.78 is 27.3. The van der Waals surface area contributed by atoms with Crippen molar-refractivity contribution in [1.82, 2.24) is 0 Å². The van der Waals surface area contributed by atoms with Gasteiger partial charge in [0, 0.05) is 9.13 Å². The van der Waals surface area contributed by atoms with E-state index in [0.717, 1.165) is 9.64 Å². The Morgan fingerprint density at radius 1 is 1.06 bits per heavy atom. The van der Waals surface area contributed by atoms with Crippen molar-refractivity contribution in [1.29, 1.82) is 0 Å². The Kier molecular flexibility index (Phi) is 3.51. The first kappa shape index (κ1) is 12.2. The molecule has 0 aliphatic carbocycles. The van der Waals surface area contributed by atoms with Gasteiger partial charge < -0.3 is 0 Å². The summed E-state index contributed by atoms with van der Waals surface area (Å²) in [5, 5.41) is 0. The van der Waals surface area contributed by atoms with Gasteiger partial charge in [0.1, 0.15) is 0 Å². The highest BCUT2D eigenvalue weighted by Gasteiger charge is 2.16. The zero-order valence-electron chi connectivity index (χ0n) is 8.58. The van der Waals surface area contributed by atoms with Gasteiger partial charge in [-0.2, -0.15) is 0 Å². The van der Waals surface area contributed by atoms with Crippen molar-refractivity contribution in [2.75, 3.05) is 0 Å². The normalized spacial score (nSPS) is 10.3. The van der Waals surface area contributed by atoms with Crippen LogP contribution in [0.25, 0.3) is 0 Å². The minimum atomic E-state index is -1.10. The standard InChI is InChI=1S/C13H7F2IO/c14-11-6-2-5-10(12(11)15)13(17)8-3-1-4-9(16)7-8/h1-7H. The number of benzene rings is 2. The van der Waals surface area contributed by atoms with Gasteiger partial charge >= 0.3 is 0 Å². The van der Waals surface area contributed by atoms with Crippen LogP contribution in [0.4, 0.5) is 8.78 Å². The Labute approximate surface area is 111 Å². The first-order valence-corrected chi connectivity index (χ1v) is 5.92. The first-order valence-electron chi connectivity index (χ1n) is 4.84. The third-order valence-electron chi connectivity index (χ3n) is 2.28. The van der Waals surface area contributed by atoms with Gasteiger partial charge in [0.25, 0.3) is 0 Å². The summed E-state index contributed by atoms with van der Waals surface area (Å²) in [6.07, 6.45) is 0.